The number of nitrogens with zero attached hydrogens (tertiary/aromatic N) is 2. The first-order chi connectivity index (χ1) is 11.2. The molecule has 1 saturated heterocycles. The molecular weight excluding hydrogens is 325 g/mol. The molecule has 0 radical (unpaired) electrons. The number of alkyl halides is 3. The maximum Gasteiger partial charge on any atom is 0.573 e. The van der Waals surface area contributed by atoms with Crippen molar-refractivity contribution >= 4 is 11.8 Å². The van der Waals surface area contributed by atoms with E-state index < -0.39 is 6.36 Å². The first-order valence-electron chi connectivity index (χ1n) is 7.62. The van der Waals surface area contributed by atoms with Gasteiger partial charge in [0.05, 0.1) is 6.42 Å². The SMILES string of the molecule is CC(=O)N1CCCN(C(=O)Cc2ccc(OC(F)(F)F)cc2)CC1. The number of hydrogen-bond donors (Lipinski definition) is 0. The van der Waals surface area contributed by atoms with Gasteiger partial charge < -0.3 is 14.5 Å². The van der Waals surface area contributed by atoms with Gasteiger partial charge in [-0.05, 0) is 24.1 Å². The molecule has 0 atom stereocenters. The Labute approximate surface area is 138 Å². The van der Waals surface area contributed by atoms with E-state index in [2.05, 4.69) is 4.74 Å². The maximum atomic E-state index is 12.3. The predicted octanol–water partition coefficient (Wildman–Crippen LogP) is 2.21. The van der Waals surface area contributed by atoms with Crippen molar-refractivity contribution < 1.29 is 27.5 Å². The third-order valence-electron chi connectivity index (χ3n) is 3.81. The Morgan fingerprint density at radius 3 is 2.21 bits per heavy atom. The number of benzene rings is 1. The summed E-state index contributed by atoms with van der Waals surface area (Å²) in [5.74, 6) is -0.431. The topological polar surface area (TPSA) is 49.9 Å². The molecule has 0 bridgehead atoms. The van der Waals surface area contributed by atoms with Gasteiger partial charge in [-0.3, -0.25) is 9.59 Å². The van der Waals surface area contributed by atoms with Gasteiger partial charge in [0.15, 0.2) is 0 Å². The Balaban J connectivity index is 1.91. The third kappa shape index (κ3) is 5.43. The number of carbonyl (C=O) groups excluding carboxylic acids is 2. The largest absolute Gasteiger partial charge is 0.573 e. The molecule has 1 aliphatic heterocycles. The molecule has 132 valence electrons. The number of ether oxygens (including phenoxy) is 1. The Kier molecular flexibility index (Phi) is 5.69. The van der Waals surface area contributed by atoms with E-state index in [9.17, 15) is 22.8 Å². The van der Waals surface area contributed by atoms with Crippen molar-refractivity contribution in [3.8, 4) is 5.75 Å². The van der Waals surface area contributed by atoms with Crippen molar-refractivity contribution in [1.29, 1.82) is 0 Å². The molecule has 0 aromatic heterocycles. The summed E-state index contributed by atoms with van der Waals surface area (Å²) < 4.78 is 40.1. The minimum atomic E-state index is -4.73. The smallest absolute Gasteiger partial charge is 0.406 e. The zero-order chi connectivity index (χ0) is 17.7. The van der Waals surface area contributed by atoms with Crippen molar-refractivity contribution in [3.05, 3.63) is 29.8 Å². The molecule has 2 amide bonds. The van der Waals surface area contributed by atoms with Crippen LogP contribution in [0, 0.1) is 0 Å². The quantitative estimate of drug-likeness (QED) is 0.845. The molecular formula is C16H19F3N2O3. The summed E-state index contributed by atoms with van der Waals surface area (Å²) in [5, 5.41) is 0. The van der Waals surface area contributed by atoms with Gasteiger partial charge in [-0.25, -0.2) is 0 Å². The van der Waals surface area contributed by atoms with Gasteiger partial charge in [0.2, 0.25) is 11.8 Å². The van der Waals surface area contributed by atoms with E-state index in [0.29, 0.717) is 38.2 Å². The molecule has 5 nitrogen and oxygen atoms in total. The molecule has 1 aliphatic rings. The minimum absolute atomic E-state index is 0.00967. The second-order valence-electron chi connectivity index (χ2n) is 5.61. The molecule has 2 rings (SSSR count). The number of carbonyl (C=O) groups is 2. The Morgan fingerprint density at radius 1 is 1.04 bits per heavy atom. The first kappa shape index (κ1) is 18.1. The molecule has 0 aliphatic carbocycles. The molecule has 0 N–H and O–H groups in total. The zero-order valence-electron chi connectivity index (χ0n) is 13.3. The number of rotatable bonds is 3. The van der Waals surface area contributed by atoms with Crippen LogP contribution in [0.2, 0.25) is 0 Å². The van der Waals surface area contributed by atoms with Crippen molar-refractivity contribution in [3.63, 3.8) is 0 Å². The fourth-order valence-electron chi connectivity index (χ4n) is 2.58. The molecule has 0 saturated carbocycles. The lowest BCUT2D eigenvalue weighted by Gasteiger charge is -2.21. The van der Waals surface area contributed by atoms with Crippen LogP contribution in [-0.4, -0.2) is 54.2 Å². The first-order valence-corrected chi connectivity index (χ1v) is 7.62. The van der Waals surface area contributed by atoms with Crippen LogP contribution in [0.15, 0.2) is 24.3 Å². The summed E-state index contributed by atoms with van der Waals surface area (Å²) in [7, 11) is 0. The van der Waals surface area contributed by atoms with Crippen LogP contribution in [0.3, 0.4) is 0 Å². The van der Waals surface area contributed by atoms with E-state index in [1.54, 1.807) is 9.80 Å². The Hall–Kier alpha value is -2.25. The van der Waals surface area contributed by atoms with Crippen molar-refractivity contribution in [2.45, 2.75) is 26.1 Å². The molecule has 1 aromatic rings. The van der Waals surface area contributed by atoms with E-state index in [4.69, 9.17) is 0 Å². The number of halogens is 3. The second-order valence-corrected chi connectivity index (χ2v) is 5.61. The number of amides is 2. The summed E-state index contributed by atoms with van der Waals surface area (Å²) in [6, 6.07) is 5.27. The number of hydrogen-bond acceptors (Lipinski definition) is 3. The molecule has 0 spiro atoms. The summed E-state index contributed by atoms with van der Waals surface area (Å²) in [6.07, 6.45) is -3.91. The lowest BCUT2D eigenvalue weighted by atomic mass is 10.1. The molecule has 8 heteroatoms. The average Bonchev–Trinajstić information content (AvgIpc) is 2.74. The van der Waals surface area contributed by atoms with Crippen molar-refractivity contribution in [2.24, 2.45) is 0 Å². The van der Waals surface area contributed by atoms with Gasteiger partial charge in [-0.1, -0.05) is 12.1 Å². The molecule has 24 heavy (non-hydrogen) atoms. The van der Waals surface area contributed by atoms with Gasteiger partial charge in [0.1, 0.15) is 5.75 Å². The molecule has 1 aromatic carbocycles. The minimum Gasteiger partial charge on any atom is -0.406 e. The lowest BCUT2D eigenvalue weighted by Crippen LogP contribution is -2.37. The van der Waals surface area contributed by atoms with E-state index in [-0.39, 0.29) is 24.0 Å². The van der Waals surface area contributed by atoms with Gasteiger partial charge in [0.25, 0.3) is 0 Å². The van der Waals surface area contributed by atoms with E-state index in [0.717, 1.165) is 0 Å². The summed E-state index contributed by atoms with van der Waals surface area (Å²) in [5.41, 5.74) is 0.613. The normalized spacial score (nSPS) is 15.8. The van der Waals surface area contributed by atoms with Crippen LogP contribution in [0.4, 0.5) is 13.2 Å². The fourth-order valence-corrected chi connectivity index (χ4v) is 2.58. The van der Waals surface area contributed by atoms with Gasteiger partial charge >= 0.3 is 6.36 Å². The van der Waals surface area contributed by atoms with Gasteiger partial charge in [-0.2, -0.15) is 0 Å². The van der Waals surface area contributed by atoms with Crippen molar-refractivity contribution in [2.75, 3.05) is 26.2 Å². The highest BCUT2D eigenvalue weighted by molar-refractivity contribution is 5.79. The lowest BCUT2D eigenvalue weighted by molar-refractivity contribution is -0.274. The monoisotopic (exact) mass is 344 g/mol. The predicted molar refractivity (Wildman–Crippen MR) is 80.3 cm³/mol. The second kappa shape index (κ2) is 7.55. The zero-order valence-corrected chi connectivity index (χ0v) is 13.3. The summed E-state index contributed by atoms with van der Waals surface area (Å²) in [4.78, 5) is 27.1. The van der Waals surface area contributed by atoms with Crippen LogP contribution in [0.25, 0.3) is 0 Å². The van der Waals surface area contributed by atoms with Crippen LogP contribution < -0.4 is 4.74 Å². The molecule has 1 fully saturated rings. The summed E-state index contributed by atoms with van der Waals surface area (Å²) >= 11 is 0. The van der Waals surface area contributed by atoms with Crippen LogP contribution in [0.1, 0.15) is 18.9 Å². The van der Waals surface area contributed by atoms with Gasteiger partial charge in [-0.15, -0.1) is 13.2 Å². The Bertz CT molecular complexity index is 587. The van der Waals surface area contributed by atoms with E-state index >= 15 is 0 Å². The van der Waals surface area contributed by atoms with Crippen molar-refractivity contribution in [1.82, 2.24) is 9.80 Å². The highest BCUT2D eigenvalue weighted by Crippen LogP contribution is 2.23. The maximum absolute atomic E-state index is 12.3. The fraction of sp³-hybridized carbons (Fsp3) is 0.500. The molecule has 1 heterocycles. The summed E-state index contributed by atoms with van der Waals surface area (Å²) in [6.45, 7) is 3.66. The highest BCUT2D eigenvalue weighted by atomic mass is 19.4. The molecule has 0 unspecified atom stereocenters. The van der Waals surface area contributed by atoms with E-state index in [1.807, 2.05) is 0 Å². The standard InChI is InChI=1S/C16H19F3N2O3/c1-12(22)20-7-2-8-21(10-9-20)15(23)11-13-3-5-14(6-4-13)24-16(17,18)19/h3-6H,2,7-11H2,1H3. The van der Waals surface area contributed by atoms with Crippen LogP contribution in [-0.2, 0) is 16.0 Å². The van der Waals surface area contributed by atoms with Crippen LogP contribution >= 0.6 is 0 Å². The van der Waals surface area contributed by atoms with Gasteiger partial charge in [0, 0.05) is 33.1 Å². The average molecular weight is 344 g/mol. The Morgan fingerprint density at radius 2 is 1.62 bits per heavy atom. The highest BCUT2D eigenvalue weighted by Gasteiger charge is 2.31. The van der Waals surface area contributed by atoms with E-state index in [1.165, 1.54) is 31.2 Å². The van der Waals surface area contributed by atoms with Crippen LogP contribution in [0.5, 0.6) is 5.75 Å². The third-order valence-corrected chi connectivity index (χ3v) is 3.81.